The molecule has 1 N–H and O–H groups in total. The van der Waals surface area contributed by atoms with Crippen LogP contribution in [0.4, 0.5) is 0 Å². The van der Waals surface area contributed by atoms with Gasteiger partial charge in [0.05, 0.1) is 11.7 Å². The summed E-state index contributed by atoms with van der Waals surface area (Å²) in [6, 6.07) is 0. The van der Waals surface area contributed by atoms with Crippen LogP contribution in [-0.2, 0) is 4.74 Å². The molecule has 0 aromatic carbocycles. The number of rotatable bonds is 7. The van der Waals surface area contributed by atoms with E-state index in [1.165, 1.54) is 51.4 Å². The van der Waals surface area contributed by atoms with Crippen molar-refractivity contribution < 1.29 is 4.74 Å². The molecule has 1 aliphatic heterocycles. The number of hydrogen-bond acceptors (Lipinski definition) is 2. The molecule has 2 aliphatic rings. The summed E-state index contributed by atoms with van der Waals surface area (Å²) >= 11 is 0. The zero-order chi connectivity index (χ0) is 13.7. The van der Waals surface area contributed by atoms with E-state index in [1.807, 2.05) is 0 Å². The van der Waals surface area contributed by atoms with Crippen molar-refractivity contribution in [3.05, 3.63) is 0 Å². The Bertz CT molecular complexity index is 258. The number of nitrogens with one attached hydrogen (secondary N) is 1. The molecule has 1 aliphatic carbocycles. The van der Waals surface area contributed by atoms with Gasteiger partial charge in [-0.3, -0.25) is 0 Å². The van der Waals surface area contributed by atoms with E-state index in [0.717, 1.165) is 24.9 Å². The molecule has 2 nitrogen and oxygen atoms in total. The van der Waals surface area contributed by atoms with E-state index >= 15 is 0 Å². The summed E-state index contributed by atoms with van der Waals surface area (Å²) in [4.78, 5) is 0. The zero-order valence-corrected chi connectivity index (χ0v) is 13.2. The minimum absolute atomic E-state index is 0.323. The minimum atomic E-state index is 0.323. The van der Waals surface area contributed by atoms with Crippen molar-refractivity contribution in [1.29, 1.82) is 0 Å². The van der Waals surface area contributed by atoms with Crippen LogP contribution >= 0.6 is 0 Å². The molecular weight excluding hydrogens is 234 g/mol. The van der Waals surface area contributed by atoms with Gasteiger partial charge >= 0.3 is 0 Å². The van der Waals surface area contributed by atoms with Crippen molar-refractivity contribution in [3.8, 4) is 0 Å². The highest BCUT2D eigenvalue weighted by molar-refractivity contribution is 4.92. The normalized spacial score (nSPS) is 27.5. The van der Waals surface area contributed by atoms with Crippen molar-refractivity contribution in [2.75, 3.05) is 13.1 Å². The Balaban J connectivity index is 1.58. The van der Waals surface area contributed by atoms with E-state index in [4.69, 9.17) is 4.74 Å². The molecule has 2 rings (SSSR count). The van der Waals surface area contributed by atoms with Crippen molar-refractivity contribution in [3.63, 3.8) is 0 Å². The summed E-state index contributed by atoms with van der Waals surface area (Å²) in [6.07, 6.45) is 11.2. The van der Waals surface area contributed by atoms with Gasteiger partial charge in [0.2, 0.25) is 0 Å². The molecule has 0 amide bonds. The highest BCUT2D eigenvalue weighted by Crippen LogP contribution is 2.44. The van der Waals surface area contributed by atoms with E-state index in [1.54, 1.807) is 0 Å². The quantitative estimate of drug-likeness (QED) is 0.748. The zero-order valence-electron chi connectivity index (χ0n) is 13.2. The first kappa shape index (κ1) is 15.3. The molecule has 1 heterocycles. The van der Waals surface area contributed by atoms with Gasteiger partial charge in [0, 0.05) is 0 Å². The first-order valence-corrected chi connectivity index (χ1v) is 8.48. The Kier molecular flexibility index (Phi) is 5.70. The molecular formula is C17H33NO. The van der Waals surface area contributed by atoms with Crippen LogP contribution in [0.1, 0.15) is 72.1 Å². The SMILES string of the molecule is CC(C)CNCC(C)CCC1CCC2(CCCC2)O1. The van der Waals surface area contributed by atoms with Crippen molar-refractivity contribution >= 4 is 0 Å². The lowest BCUT2D eigenvalue weighted by atomic mass is 9.97. The molecule has 1 saturated heterocycles. The lowest BCUT2D eigenvalue weighted by molar-refractivity contribution is -0.0404. The van der Waals surface area contributed by atoms with Gasteiger partial charge < -0.3 is 10.1 Å². The average molecular weight is 267 g/mol. The van der Waals surface area contributed by atoms with Gasteiger partial charge in [-0.1, -0.05) is 33.6 Å². The van der Waals surface area contributed by atoms with Crippen LogP contribution in [0.25, 0.3) is 0 Å². The standard InChI is InChI=1S/C17H33NO/c1-14(2)12-18-13-15(3)6-7-16-8-11-17(19-16)9-4-5-10-17/h14-16,18H,4-13H2,1-3H3. The second-order valence-corrected chi connectivity index (χ2v) is 7.40. The molecule has 112 valence electrons. The summed E-state index contributed by atoms with van der Waals surface area (Å²) in [5.41, 5.74) is 0.323. The van der Waals surface area contributed by atoms with E-state index in [0.29, 0.717) is 11.7 Å². The number of ether oxygens (including phenoxy) is 1. The average Bonchev–Trinajstić information content (AvgIpc) is 2.97. The smallest absolute Gasteiger partial charge is 0.0687 e. The van der Waals surface area contributed by atoms with Crippen molar-refractivity contribution in [2.45, 2.75) is 83.8 Å². The second kappa shape index (κ2) is 7.08. The summed E-state index contributed by atoms with van der Waals surface area (Å²) in [5.74, 6) is 1.54. The molecule has 0 aromatic heterocycles. The summed E-state index contributed by atoms with van der Waals surface area (Å²) in [5, 5.41) is 3.57. The first-order valence-electron chi connectivity index (χ1n) is 8.48. The molecule has 0 aromatic rings. The van der Waals surface area contributed by atoms with Gasteiger partial charge in [-0.05, 0) is 63.5 Å². The molecule has 1 spiro atoms. The lowest BCUT2D eigenvalue weighted by Crippen LogP contribution is -2.27. The molecule has 2 unspecified atom stereocenters. The van der Waals surface area contributed by atoms with Crippen LogP contribution in [0.3, 0.4) is 0 Å². The Morgan fingerprint density at radius 2 is 1.84 bits per heavy atom. The van der Waals surface area contributed by atoms with Gasteiger partial charge in [0.1, 0.15) is 0 Å². The van der Waals surface area contributed by atoms with Crippen LogP contribution in [0.5, 0.6) is 0 Å². The maximum absolute atomic E-state index is 6.38. The van der Waals surface area contributed by atoms with Crippen LogP contribution in [-0.4, -0.2) is 24.8 Å². The highest BCUT2D eigenvalue weighted by Gasteiger charge is 2.41. The second-order valence-electron chi connectivity index (χ2n) is 7.40. The van der Waals surface area contributed by atoms with Crippen molar-refractivity contribution in [1.82, 2.24) is 5.32 Å². The van der Waals surface area contributed by atoms with Crippen LogP contribution in [0.15, 0.2) is 0 Å². The van der Waals surface area contributed by atoms with Crippen LogP contribution in [0.2, 0.25) is 0 Å². The van der Waals surface area contributed by atoms with Gasteiger partial charge in [0.15, 0.2) is 0 Å². The predicted molar refractivity (Wildman–Crippen MR) is 81.4 cm³/mol. The molecule has 2 fully saturated rings. The first-order chi connectivity index (χ1) is 9.10. The molecule has 19 heavy (non-hydrogen) atoms. The third-order valence-electron chi connectivity index (χ3n) is 4.88. The Morgan fingerprint density at radius 3 is 2.53 bits per heavy atom. The lowest BCUT2D eigenvalue weighted by Gasteiger charge is -2.24. The number of hydrogen-bond donors (Lipinski definition) is 1. The molecule has 1 saturated carbocycles. The van der Waals surface area contributed by atoms with Crippen LogP contribution in [0, 0.1) is 11.8 Å². The van der Waals surface area contributed by atoms with Gasteiger partial charge in [-0.15, -0.1) is 0 Å². The topological polar surface area (TPSA) is 21.3 Å². The Labute approximate surface area is 119 Å². The van der Waals surface area contributed by atoms with Gasteiger partial charge in [0.25, 0.3) is 0 Å². The fourth-order valence-corrected chi connectivity index (χ4v) is 3.68. The summed E-state index contributed by atoms with van der Waals surface area (Å²) in [7, 11) is 0. The van der Waals surface area contributed by atoms with E-state index < -0.39 is 0 Å². The van der Waals surface area contributed by atoms with E-state index in [2.05, 4.69) is 26.1 Å². The highest BCUT2D eigenvalue weighted by atomic mass is 16.5. The Morgan fingerprint density at radius 1 is 1.11 bits per heavy atom. The molecule has 0 radical (unpaired) electrons. The molecule has 2 heteroatoms. The summed E-state index contributed by atoms with van der Waals surface area (Å²) in [6.45, 7) is 9.22. The van der Waals surface area contributed by atoms with Gasteiger partial charge in [-0.2, -0.15) is 0 Å². The molecule has 2 atom stereocenters. The minimum Gasteiger partial charge on any atom is -0.372 e. The van der Waals surface area contributed by atoms with Crippen molar-refractivity contribution in [2.24, 2.45) is 11.8 Å². The fourth-order valence-electron chi connectivity index (χ4n) is 3.68. The predicted octanol–water partition coefficient (Wildman–Crippen LogP) is 4.14. The van der Waals surface area contributed by atoms with Crippen LogP contribution < -0.4 is 5.32 Å². The fraction of sp³-hybridized carbons (Fsp3) is 1.00. The molecule has 0 bridgehead atoms. The third kappa shape index (κ3) is 4.75. The van der Waals surface area contributed by atoms with E-state index in [9.17, 15) is 0 Å². The maximum Gasteiger partial charge on any atom is 0.0687 e. The van der Waals surface area contributed by atoms with Gasteiger partial charge in [-0.25, -0.2) is 0 Å². The monoisotopic (exact) mass is 267 g/mol. The van der Waals surface area contributed by atoms with E-state index in [-0.39, 0.29) is 0 Å². The third-order valence-corrected chi connectivity index (χ3v) is 4.88. The summed E-state index contributed by atoms with van der Waals surface area (Å²) < 4.78 is 6.38. The Hall–Kier alpha value is -0.0800. The maximum atomic E-state index is 6.38. The largest absolute Gasteiger partial charge is 0.372 e.